The van der Waals surface area contributed by atoms with Crippen molar-refractivity contribution in [1.82, 2.24) is 10.2 Å². The Kier molecular flexibility index (Phi) is 6.21. The number of hydrogen-bond donors (Lipinski definition) is 1. The standard InChI is InChI=1S/C22H27ClN2S/c23-18-9-11-19(12-10-18)26-21-8-4-3-7-20(21)22(17-5-1-2-6-17)25-15-13-24-14-16-25/h3-4,7-12,17,22,24H,1-2,5-6,13-16H2/t22-/m0/s1. The SMILES string of the molecule is Clc1ccc(Sc2ccccc2[C@H](C2CCCC2)N2CCNCC2)cc1. The molecule has 1 heterocycles. The highest BCUT2D eigenvalue weighted by Crippen LogP contribution is 2.44. The van der Waals surface area contributed by atoms with Crippen molar-refractivity contribution in [3.05, 3.63) is 59.1 Å². The lowest BCUT2D eigenvalue weighted by Gasteiger charge is -2.39. The summed E-state index contributed by atoms with van der Waals surface area (Å²) in [5.41, 5.74) is 1.52. The van der Waals surface area contributed by atoms with Crippen molar-refractivity contribution >= 4 is 23.4 Å². The molecule has 1 N–H and O–H groups in total. The van der Waals surface area contributed by atoms with Crippen LogP contribution < -0.4 is 5.32 Å². The highest BCUT2D eigenvalue weighted by atomic mass is 35.5. The third kappa shape index (κ3) is 4.28. The van der Waals surface area contributed by atoms with Gasteiger partial charge in [0.2, 0.25) is 0 Å². The zero-order valence-electron chi connectivity index (χ0n) is 15.2. The maximum atomic E-state index is 6.06. The second-order valence-corrected chi connectivity index (χ2v) is 8.92. The van der Waals surface area contributed by atoms with Crippen molar-refractivity contribution in [3.8, 4) is 0 Å². The molecule has 26 heavy (non-hydrogen) atoms. The minimum atomic E-state index is 0.551. The highest BCUT2D eigenvalue weighted by molar-refractivity contribution is 7.99. The Hall–Kier alpha value is -1.00. The summed E-state index contributed by atoms with van der Waals surface area (Å²) in [5.74, 6) is 0.792. The van der Waals surface area contributed by atoms with E-state index in [-0.39, 0.29) is 0 Å². The fourth-order valence-electron chi connectivity index (χ4n) is 4.43. The lowest BCUT2D eigenvalue weighted by molar-refractivity contribution is 0.123. The highest BCUT2D eigenvalue weighted by Gasteiger charge is 2.33. The van der Waals surface area contributed by atoms with Gasteiger partial charge in [-0.05, 0) is 54.7 Å². The van der Waals surface area contributed by atoms with Gasteiger partial charge in [0, 0.05) is 47.0 Å². The van der Waals surface area contributed by atoms with Crippen LogP contribution in [0.5, 0.6) is 0 Å². The van der Waals surface area contributed by atoms with Gasteiger partial charge in [-0.25, -0.2) is 0 Å². The Labute approximate surface area is 166 Å². The van der Waals surface area contributed by atoms with Crippen LogP contribution in [0.2, 0.25) is 5.02 Å². The lowest BCUT2D eigenvalue weighted by Crippen LogP contribution is -2.46. The number of piperazine rings is 1. The maximum Gasteiger partial charge on any atom is 0.0406 e. The number of benzene rings is 2. The van der Waals surface area contributed by atoms with Gasteiger partial charge >= 0.3 is 0 Å². The molecule has 138 valence electrons. The molecule has 2 aliphatic rings. The van der Waals surface area contributed by atoms with Crippen LogP contribution in [0.1, 0.15) is 37.3 Å². The first-order valence-corrected chi connectivity index (χ1v) is 11.0. The van der Waals surface area contributed by atoms with Gasteiger partial charge in [0.05, 0.1) is 0 Å². The maximum absolute atomic E-state index is 6.06. The summed E-state index contributed by atoms with van der Waals surface area (Å²) in [7, 11) is 0. The molecule has 1 aliphatic carbocycles. The van der Waals surface area contributed by atoms with Gasteiger partial charge < -0.3 is 5.32 Å². The topological polar surface area (TPSA) is 15.3 Å². The van der Waals surface area contributed by atoms with Crippen molar-refractivity contribution in [2.75, 3.05) is 26.2 Å². The fourth-order valence-corrected chi connectivity index (χ4v) is 5.53. The third-order valence-corrected chi connectivity index (χ3v) is 7.02. The largest absolute Gasteiger partial charge is 0.314 e. The molecule has 0 radical (unpaired) electrons. The summed E-state index contributed by atoms with van der Waals surface area (Å²) in [4.78, 5) is 5.38. The average molecular weight is 387 g/mol. The summed E-state index contributed by atoms with van der Waals surface area (Å²) in [6, 6.07) is 17.8. The molecule has 1 saturated carbocycles. The van der Waals surface area contributed by atoms with E-state index in [9.17, 15) is 0 Å². The van der Waals surface area contributed by atoms with Crippen molar-refractivity contribution in [2.24, 2.45) is 5.92 Å². The molecule has 1 saturated heterocycles. The Balaban J connectivity index is 1.65. The van der Waals surface area contributed by atoms with Crippen LogP contribution in [-0.2, 0) is 0 Å². The lowest BCUT2D eigenvalue weighted by atomic mass is 9.89. The molecule has 0 aromatic heterocycles. The molecule has 2 aromatic rings. The van der Waals surface area contributed by atoms with E-state index in [1.807, 2.05) is 23.9 Å². The van der Waals surface area contributed by atoms with E-state index in [1.165, 1.54) is 41.0 Å². The van der Waals surface area contributed by atoms with E-state index in [0.717, 1.165) is 37.1 Å². The van der Waals surface area contributed by atoms with E-state index in [4.69, 9.17) is 11.6 Å². The van der Waals surface area contributed by atoms with Crippen LogP contribution >= 0.6 is 23.4 Å². The number of nitrogens with zero attached hydrogens (tertiary/aromatic N) is 1. The van der Waals surface area contributed by atoms with Crippen LogP contribution in [-0.4, -0.2) is 31.1 Å². The summed E-state index contributed by atoms with van der Waals surface area (Å²) < 4.78 is 0. The number of hydrogen-bond acceptors (Lipinski definition) is 3. The molecule has 2 fully saturated rings. The molecule has 2 aromatic carbocycles. The van der Waals surface area contributed by atoms with Crippen LogP contribution in [0, 0.1) is 5.92 Å². The Morgan fingerprint density at radius 3 is 2.38 bits per heavy atom. The normalized spacial score (nSPS) is 20.3. The smallest absolute Gasteiger partial charge is 0.0406 e. The van der Waals surface area contributed by atoms with Crippen LogP contribution in [0.3, 0.4) is 0 Å². The molecule has 4 heteroatoms. The van der Waals surface area contributed by atoms with Crippen LogP contribution in [0.25, 0.3) is 0 Å². The summed E-state index contributed by atoms with van der Waals surface area (Å²) in [6.07, 6.45) is 5.52. The monoisotopic (exact) mass is 386 g/mol. The molecule has 2 nitrogen and oxygen atoms in total. The van der Waals surface area contributed by atoms with Gasteiger partial charge in [0.1, 0.15) is 0 Å². The first kappa shape index (κ1) is 18.4. The minimum absolute atomic E-state index is 0.551. The second kappa shape index (κ2) is 8.79. The van der Waals surface area contributed by atoms with Crippen LogP contribution in [0.15, 0.2) is 58.3 Å². The van der Waals surface area contributed by atoms with Crippen molar-refractivity contribution in [3.63, 3.8) is 0 Å². The fraction of sp³-hybridized carbons (Fsp3) is 0.455. The van der Waals surface area contributed by atoms with E-state index < -0.39 is 0 Å². The molecule has 1 aliphatic heterocycles. The van der Waals surface area contributed by atoms with Gasteiger partial charge in [-0.3, -0.25) is 4.90 Å². The van der Waals surface area contributed by atoms with E-state index in [1.54, 1.807) is 0 Å². The quantitative estimate of drug-likeness (QED) is 0.717. The Morgan fingerprint density at radius 1 is 0.962 bits per heavy atom. The van der Waals surface area contributed by atoms with Crippen molar-refractivity contribution < 1.29 is 0 Å². The zero-order valence-corrected chi connectivity index (χ0v) is 16.7. The third-order valence-electron chi connectivity index (χ3n) is 5.67. The van der Waals surface area contributed by atoms with E-state index in [0.29, 0.717) is 6.04 Å². The molecule has 4 rings (SSSR count). The summed E-state index contributed by atoms with van der Waals surface area (Å²) >= 11 is 7.94. The van der Waals surface area contributed by atoms with E-state index >= 15 is 0 Å². The van der Waals surface area contributed by atoms with Crippen LogP contribution in [0.4, 0.5) is 0 Å². The predicted octanol–water partition coefficient (Wildman–Crippen LogP) is 5.63. The first-order valence-electron chi connectivity index (χ1n) is 9.78. The summed E-state index contributed by atoms with van der Waals surface area (Å²) in [5, 5.41) is 4.31. The van der Waals surface area contributed by atoms with Gasteiger partial charge in [0.15, 0.2) is 0 Å². The molecule has 0 bridgehead atoms. The van der Waals surface area contributed by atoms with Crippen molar-refractivity contribution in [1.29, 1.82) is 0 Å². The van der Waals surface area contributed by atoms with Gasteiger partial charge in [-0.1, -0.05) is 54.4 Å². The van der Waals surface area contributed by atoms with E-state index in [2.05, 4.69) is 46.6 Å². The van der Waals surface area contributed by atoms with Gasteiger partial charge in [-0.15, -0.1) is 0 Å². The van der Waals surface area contributed by atoms with Crippen molar-refractivity contribution in [2.45, 2.75) is 41.5 Å². The molecular weight excluding hydrogens is 360 g/mol. The number of nitrogens with one attached hydrogen (secondary N) is 1. The zero-order chi connectivity index (χ0) is 17.8. The molecule has 0 spiro atoms. The Bertz CT molecular complexity index is 706. The molecule has 0 amide bonds. The summed E-state index contributed by atoms with van der Waals surface area (Å²) in [6.45, 7) is 4.52. The Morgan fingerprint density at radius 2 is 1.65 bits per heavy atom. The first-order chi connectivity index (χ1) is 12.8. The van der Waals surface area contributed by atoms with Gasteiger partial charge in [0.25, 0.3) is 0 Å². The average Bonchev–Trinajstić information content (AvgIpc) is 3.20. The minimum Gasteiger partial charge on any atom is -0.314 e. The number of rotatable bonds is 5. The second-order valence-electron chi connectivity index (χ2n) is 7.37. The molecule has 0 unspecified atom stereocenters. The number of halogens is 1. The van der Waals surface area contributed by atoms with Gasteiger partial charge in [-0.2, -0.15) is 0 Å². The molecular formula is C22H27ClN2S. The predicted molar refractivity (Wildman–Crippen MR) is 111 cm³/mol. The molecule has 1 atom stereocenters.